The lowest BCUT2D eigenvalue weighted by molar-refractivity contribution is -0.116. The maximum absolute atomic E-state index is 12.0. The van der Waals surface area contributed by atoms with Crippen molar-refractivity contribution >= 4 is 23.0 Å². The highest BCUT2D eigenvalue weighted by atomic mass is 16.5. The summed E-state index contributed by atoms with van der Waals surface area (Å²) in [5.41, 5.74) is 3.06. The molecular weight excluding hydrogens is 326 g/mol. The van der Waals surface area contributed by atoms with E-state index in [1.54, 1.807) is 13.2 Å². The van der Waals surface area contributed by atoms with Gasteiger partial charge < -0.3 is 14.6 Å². The molecule has 0 atom stereocenters. The lowest BCUT2D eigenvalue weighted by Crippen LogP contribution is -2.24. The van der Waals surface area contributed by atoms with E-state index in [4.69, 9.17) is 9.72 Å². The molecule has 1 N–H and O–H groups in total. The Labute approximate surface area is 153 Å². The zero-order valence-electron chi connectivity index (χ0n) is 14.9. The van der Waals surface area contributed by atoms with Gasteiger partial charge in [0.1, 0.15) is 5.82 Å². The summed E-state index contributed by atoms with van der Waals surface area (Å²) in [5.74, 6) is 0.851. The van der Waals surface area contributed by atoms with Gasteiger partial charge in [-0.25, -0.2) is 4.98 Å². The largest absolute Gasteiger partial charge is 0.383 e. The van der Waals surface area contributed by atoms with Crippen LogP contribution in [0.1, 0.15) is 11.4 Å². The van der Waals surface area contributed by atoms with E-state index in [0.29, 0.717) is 19.6 Å². The molecule has 1 amide bonds. The molecule has 0 aliphatic rings. The van der Waals surface area contributed by atoms with E-state index >= 15 is 0 Å². The van der Waals surface area contributed by atoms with Crippen LogP contribution in [0, 0.1) is 0 Å². The van der Waals surface area contributed by atoms with Gasteiger partial charge in [0.05, 0.1) is 17.6 Å². The van der Waals surface area contributed by atoms with E-state index in [-0.39, 0.29) is 5.91 Å². The van der Waals surface area contributed by atoms with Crippen LogP contribution in [0.4, 0.5) is 0 Å². The number of nitrogens with one attached hydrogen (secondary N) is 1. The molecule has 0 saturated carbocycles. The van der Waals surface area contributed by atoms with Gasteiger partial charge in [-0.1, -0.05) is 42.5 Å². The second-order valence-corrected chi connectivity index (χ2v) is 5.95. The molecule has 5 nitrogen and oxygen atoms in total. The molecule has 26 heavy (non-hydrogen) atoms. The summed E-state index contributed by atoms with van der Waals surface area (Å²) in [6, 6.07) is 17.8. The number of methoxy groups -OCH3 is 1. The monoisotopic (exact) mass is 349 g/mol. The third-order valence-corrected chi connectivity index (χ3v) is 4.13. The van der Waals surface area contributed by atoms with Crippen LogP contribution in [0.3, 0.4) is 0 Å². The Hall–Kier alpha value is -2.92. The summed E-state index contributed by atoms with van der Waals surface area (Å²) < 4.78 is 7.37. The van der Waals surface area contributed by atoms with Gasteiger partial charge in [-0.05, 0) is 23.8 Å². The molecular formula is C21H23N3O2. The standard InChI is InChI=1S/C21H23N3O2/c1-26-16-15-24-19-10-6-5-9-18(19)23-20(24)13-14-22-21(25)12-11-17-7-3-2-4-8-17/h2-12H,13-16H2,1H3,(H,22,25)/b12-11+. The maximum Gasteiger partial charge on any atom is 0.244 e. The fourth-order valence-electron chi connectivity index (χ4n) is 2.84. The molecule has 3 rings (SSSR count). The first-order valence-electron chi connectivity index (χ1n) is 8.72. The number of carbonyl (C=O) groups excluding carboxylic acids is 1. The molecule has 0 aliphatic carbocycles. The highest BCUT2D eigenvalue weighted by molar-refractivity contribution is 5.91. The normalized spacial score (nSPS) is 11.3. The van der Waals surface area contributed by atoms with Crippen molar-refractivity contribution in [1.29, 1.82) is 0 Å². The Balaban J connectivity index is 1.60. The Kier molecular flexibility index (Phi) is 6.17. The summed E-state index contributed by atoms with van der Waals surface area (Å²) in [6.45, 7) is 1.90. The molecule has 0 saturated heterocycles. The number of hydrogen-bond donors (Lipinski definition) is 1. The maximum atomic E-state index is 12.0. The average Bonchev–Trinajstić information content (AvgIpc) is 3.03. The average molecular weight is 349 g/mol. The summed E-state index contributed by atoms with van der Waals surface area (Å²) >= 11 is 0. The minimum Gasteiger partial charge on any atom is -0.383 e. The van der Waals surface area contributed by atoms with Crippen molar-refractivity contribution < 1.29 is 9.53 Å². The van der Waals surface area contributed by atoms with Crippen molar-refractivity contribution in [3.05, 3.63) is 72.1 Å². The molecule has 2 aromatic carbocycles. The minimum absolute atomic E-state index is 0.103. The van der Waals surface area contributed by atoms with Gasteiger partial charge in [0.15, 0.2) is 0 Å². The molecule has 3 aromatic rings. The van der Waals surface area contributed by atoms with Crippen LogP contribution in [-0.4, -0.2) is 35.7 Å². The Morgan fingerprint density at radius 3 is 2.73 bits per heavy atom. The van der Waals surface area contributed by atoms with E-state index in [1.165, 1.54) is 0 Å². The zero-order valence-corrected chi connectivity index (χ0v) is 14.9. The predicted molar refractivity (Wildman–Crippen MR) is 104 cm³/mol. The van der Waals surface area contributed by atoms with Crippen LogP contribution < -0.4 is 5.32 Å². The third kappa shape index (κ3) is 4.58. The Morgan fingerprint density at radius 2 is 1.92 bits per heavy atom. The van der Waals surface area contributed by atoms with Gasteiger partial charge in [0.2, 0.25) is 5.91 Å². The summed E-state index contributed by atoms with van der Waals surface area (Å²) in [6.07, 6.45) is 4.04. The number of fused-ring (bicyclic) bond motifs is 1. The van der Waals surface area contributed by atoms with Crippen LogP contribution in [0.2, 0.25) is 0 Å². The van der Waals surface area contributed by atoms with Crippen molar-refractivity contribution in [2.45, 2.75) is 13.0 Å². The number of hydrogen-bond acceptors (Lipinski definition) is 3. The van der Waals surface area contributed by atoms with Crippen molar-refractivity contribution in [3.8, 4) is 0 Å². The van der Waals surface area contributed by atoms with Crippen LogP contribution in [0.5, 0.6) is 0 Å². The van der Waals surface area contributed by atoms with Crippen LogP contribution in [0.25, 0.3) is 17.1 Å². The quantitative estimate of drug-likeness (QED) is 0.636. The number of benzene rings is 2. The highest BCUT2D eigenvalue weighted by Gasteiger charge is 2.10. The van der Waals surface area contributed by atoms with Crippen LogP contribution >= 0.6 is 0 Å². The molecule has 0 fully saturated rings. The fraction of sp³-hybridized carbons (Fsp3) is 0.238. The lowest BCUT2D eigenvalue weighted by Gasteiger charge is -2.09. The minimum atomic E-state index is -0.103. The fourth-order valence-corrected chi connectivity index (χ4v) is 2.84. The Bertz CT molecular complexity index is 885. The zero-order chi connectivity index (χ0) is 18.2. The first-order valence-corrected chi connectivity index (χ1v) is 8.72. The summed E-state index contributed by atoms with van der Waals surface area (Å²) in [7, 11) is 1.69. The topological polar surface area (TPSA) is 56.1 Å². The molecule has 5 heteroatoms. The molecule has 0 aliphatic heterocycles. The molecule has 134 valence electrons. The van der Waals surface area contributed by atoms with Gasteiger partial charge >= 0.3 is 0 Å². The van der Waals surface area contributed by atoms with Gasteiger partial charge in [0, 0.05) is 32.7 Å². The number of carbonyl (C=O) groups is 1. The van der Waals surface area contributed by atoms with Crippen LogP contribution in [0.15, 0.2) is 60.7 Å². The SMILES string of the molecule is COCCn1c(CCNC(=O)/C=C/c2ccccc2)nc2ccccc21. The number of para-hydroxylation sites is 2. The second kappa shape index (κ2) is 8.97. The number of ether oxygens (including phenoxy) is 1. The van der Waals surface area contributed by atoms with Gasteiger partial charge in [0.25, 0.3) is 0 Å². The number of imidazole rings is 1. The van der Waals surface area contributed by atoms with Crippen molar-refractivity contribution in [1.82, 2.24) is 14.9 Å². The molecule has 0 unspecified atom stereocenters. The Morgan fingerprint density at radius 1 is 1.15 bits per heavy atom. The first kappa shape index (κ1) is 17.9. The van der Waals surface area contributed by atoms with Crippen molar-refractivity contribution in [2.24, 2.45) is 0 Å². The molecule has 1 aromatic heterocycles. The molecule has 1 heterocycles. The van der Waals surface area contributed by atoms with E-state index in [1.807, 2.05) is 54.6 Å². The van der Waals surface area contributed by atoms with Crippen molar-refractivity contribution in [3.63, 3.8) is 0 Å². The van der Waals surface area contributed by atoms with Crippen molar-refractivity contribution in [2.75, 3.05) is 20.3 Å². The summed E-state index contributed by atoms with van der Waals surface area (Å²) in [5, 5.41) is 2.92. The molecule has 0 spiro atoms. The number of aromatic nitrogens is 2. The second-order valence-electron chi connectivity index (χ2n) is 5.95. The highest BCUT2D eigenvalue weighted by Crippen LogP contribution is 2.16. The predicted octanol–water partition coefficient (Wildman–Crippen LogP) is 3.05. The number of rotatable bonds is 8. The van der Waals surface area contributed by atoms with Gasteiger partial charge in [-0.3, -0.25) is 4.79 Å². The number of nitrogens with zero attached hydrogens (tertiary/aromatic N) is 2. The van der Waals surface area contributed by atoms with E-state index < -0.39 is 0 Å². The van der Waals surface area contributed by atoms with Gasteiger partial charge in [-0.15, -0.1) is 0 Å². The van der Waals surface area contributed by atoms with E-state index in [9.17, 15) is 4.79 Å². The van der Waals surface area contributed by atoms with E-state index in [2.05, 4.69) is 16.0 Å². The van der Waals surface area contributed by atoms with E-state index in [0.717, 1.165) is 29.0 Å². The van der Waals surface area contributed by atoms with Gasteiger partial charge in [-0.2, -0.15) is 0 Å². The number of amides is 1. The summed E-state index contributed by atoms with van der Waals surface area (Å²) in [4.78, 5) is 16.7. The first-order chi connectivity index (χ1) is 12.8. The molecule has 0 radical (unpaired) electrons. The molecule has 0 bridgehead atoms. The lowest BCUT2D eigenvalue weighted by atomic mass is 10.2. The smallest absolute Gasteiger partial charge is 0.244 e. The third-order valence-electron chi connectivity index (χ3n) is 4.13. The van der Waals surface area contributed by atoms with Crippen LogP contribution in [-0.2, 0) is 22.5 Å².